The van der Waals surface area contributed by atoms with Crippen LogP contribution in [0.25, 0.3) is 0 Å². The first-order chi connectivity index (χ1) is 11.6. The molecule has 4 nitrogen and oxygen atoms in total. The fourth-order valence-electron chi connectivity index (χ4n) is 2.20. The van der Waals surface area contributed by atoms with Gasteiger partial charge < -0.3 is 11.5 Å². The van der Waals surface area contributed by atoms with Gasteiger partial charge in [-0.2, -0.15) is 18.2 Å². The average Bonchev–Trinajstić information content (AvgIpc) is 2.45. The largest absolute Gasteiger partial charge is 0.417 e. The maximum atomic E-state index is 13.5. The highest BCUT2D eigenvalue weighted by Gasteiger charge is 2.35. The molecule has 8 heteroatoms. The van der Waals surface area contributed by atoms with Gasteiger partial charge in [0.05, 0.1) is 5.56 Å². The second-order valence-corrected chi connectivity index (χ2v) is 6.54. The van der Waals surface area contributed by atoms with Gasteiger partial charge in [0, 0.05) is 15.4 Å². The molecule has 1 amide bonds. The molecular formula is C17H16F3N3OS. The molecule has 2 rings (SSSR count). The van der Waals surface area contributed by atoms with Crippen LogP contribution in [0.5, 0.6) is 0 Å². The summed E-state index contributed by atoms with van der Waals surface area (Å²) < 4.78 is 40.4. The molecule has 0 aliphatic heterocycles. The summed E-state index contributed by atoms with van der Waals surface area (Å²) in [5.41, 5.74) is 10.5. The van der Waals surface area contributed by atoms with Crippen molar-refractivity contribution in [2.24, 2.45) is 16.5 Å². The summed E-state index contributed by atoms with van der Waals surface area (Å²) in [7, 11) is 0. The molecule has 4 N–H and O–H groups in total. The van der Waals surface area contributed by atoms with E-state index in [2.05, 4.69) is 4.99 Å². The van der Waals surface area contributed by atoms with E-state index in [1.807, 2.05) is 13.0 Å². The Balaban J connectivity index is 2.55. The minimum absolute atomic E-state index is 0.0110. The Morgan fingerprint density at radius 1 is 1.12 bits per heavy atom. The molecule has 0 fully saturated rings. The summed E-state index contributed by atoms with van der Waals surface area (Å²) >= 11 is 0.987. The number of nitrogens with two attached hydrogens (primary N) is 2. The lowest BCUT2D eigenvalue weighted by atomic mass is 10.0. The van der Waals surface area contributed by atoms with Crippen LogP contribution in [-0.2, 0) is 6.18 Å². The molecule has 0 saturated heterocycles. The number of hydrogen-bond donors (Lipinski definition) is 2. The van der Waals surface area contributed by atoms with Crippen molar-refractivity contribution in [2.45, 2.75) is 29.8 Å². The second kappa shape index (κ2) is 7.18. The van der Waals surface area contributed by atoms with Gasteiger partial charge in [-0.05, 0) is 43.7 Å². The van der Waals surface area contributed by atoms with Crippen molar-refractivity contribution in [3.8, 4) is 0 Å². The first-order valence-corrected chi connectivity index (χ1v) is 8.00. The Kier molecular flexibility index (Phi) is 5.42. The number of nitrogens with zero attached hydrogens (tertiary/aromatic N) is 1. The van der Waals surface area contributed by atoms with E-state index in [1.54, 1.807) is 18.2 Å². The summed E-state index contributed by atoms with van der Waals surface area (Å²) in [5.74, 6) is -1.41. The number of carbonyl (C=O) groups excluding carboxylic acids is 1. The number of rotatable bonds is 3. The molecule has 0 atom stereocenters. The zero-order chi connectivity index (χ0) is 18.8. The molecule has 0 aromatic heterocycles. The van der Waals surface area contributed by atoms with Crippen molar-refractivity contribution in [1.82, 2.24) is 0 Å². The zero-order valence-corrected chi connectivity index (χ0v) is 14.3. The molecule has 2 aromatic rings. The normalized spacial score (nSPS) is 11.2. The first-order valence-electron chi connectivity index (χ1n) is 7.18. The average molecular weight is 367 g/mol. The third kappa shape index (κ3) is 4.76. The maximum absolute atomic E-state index is 13.5. The highest BCUT2D eigenvalue weighted by Crippen LogP contribution is 2.41. The molecule has 132 valence electrons. The fourth-order valence-corrected chi connectivity index (χ4v) is 3.37. The van der Waals surface area contributed by atoms with Crippen LogP contribution in [0.2, 0.25) is 0 Å². The molecule has 0 saturated carbocycles. The molecule has 0 unspecified atom stereocenters. The maximum Gasteiger partial charge on any atom is 0.417 e. The third-order valence-electron chi connectivity index (χ3n) is 3.31. The smallest absolute Gasteiger partial charge is 0.370 e. The number of carbonyl (C=O) groups is 1. The van der Waals surface area contributed by atoms with Crippen LogP contribution in [0, 0.1) is 13.8 Å². The van der Waals surface area contributed by atoms with E-state index in [9.17, 15) is 18.0 Å². The van der Waals surface area contributed by atoms with E-state index in [0.29, 0.717) is 10.5 Å². The standard InChI is InChI=1S/C17H16F3N3OS/c1-9-4-3-5-11(6-9)25-14-7-10(2)12(15(24)23-16(21)22)8-13(14)17(18,19)20/h3-8H,1-2H3,(H4,21,22,23,24). The van der Waals surface area contributed by atoms with Crippen molar-refractivity contribution < 1.29 is 18.0 Å². The summed E-state index contributed by atoms with van der Waals surface area (Å²) in [6.45, 7) is 3.40. The molecule has 0 spiro atoms. The molecule has 0 radical (unpaired) electrons. The summed E-state index contributed by atoms with van der Waals surface area (Å²) in [5, 5.41) is 0. The van der Waals surface area contributed by atoms with E-state index >= 15 is 0 Å². The van der Waals surface area contributed by atoms with Crippen LogP contribution in [0.15, 0.2) is 51.2 Å². The van der Waals surface area contributed by atoms with E-state index in [4.69, 9.17) is 11.5 Å². The lowest BCUT2D eigenvalue weighted by molar-refractivity contribution is -0.139. The van der Waals surface area contributed by atoms with Crippen molar-refractivity contribution in [1.29, 1.82) is 0 Å². The number of aliphatic imine (C=N–C) groups is 1. The van der Waals surface area contributed by atoms with E-state index in [-0.39, 0.29) is 10.5 Å². The third-order valence-corrected chi connectivity index (χ3v) is 4.36. The number of halogens is 3. The van der Waals surface area contributed by atoms with Crippen molar-refractivity contribution in [3.63, 3.8) is 0 Å². The fraction of sp³-hybridized carbons (Fsp3) is 0.176. The Morgan fingerprint density at radius 3 is 2.36 bits per heavy atom. The summed E-state index contributed by atoms with van der Waals surface area (Å²) in [6.07, 6.45) is -4.62. The quantitative estimate of drug-likeness (QED) is 0.637. The van der Waals surface area contributed by atoms with Gasteiger partial charge in [0.2, 0.25) is 0 Å². The van der Waals surface area contributed by atoms with Crippen LogP contribution < -0.4 is 11.5 Å². The van der Waals surface area contributed by atoms with Crippen LogP contribution in [-0.4, -0.2) is 11.9 Å². The van der Waals surface area contributed by atoms with E-state index in [0.717, 1.165) is 23.4 Å². The molecule has 2 aromatic carbocycles. The second-order valence-electron chi connectivity index (χ2n) is 5.42. The van der Waals surface area contributed by atoms with E-state index < -0.39 is 23.6 Å². The van der Waals surface area contributed by atoms with Crippen molar-refractivity contribution in [2.75, 3.05) is 0 Å². The van der Waals surface area contributed by atoms with Gasteiger partial charge in [-0.1, -0.05) is 29.5 Å². The van der Waals surface area contributed by atoms with Crippen LogP contribution in [0.4, 0.5) is 13.2 Å². The molecule has 0 heterocycles. The Morgan fingerprint density at radius 2 is 1.80 bits per heavy atom. The number of amides is 1. The SMILES string of the molecule is Cc1cccc(Sc2cc(C)c(C(=O)N=C(N)N)cc2C(F)(F)F)c1. The number of alkyl halides is 3. The Hall–Kier alpha value is -2.48. The topological polar surface area (TPSA) is 81.5 Å². The number of guanidine groups is 1. The number of aryl methyl sites for hydroxylation is 2. The van der Waals surface area contributed by atoms with E-state index in [1.165, 1.54) is 13.0 Å². The van der Waals surface area contributed by atoms with Crippen LogP contribution in [0.1, 0.15) is 27.0 Å². The predicted octanol–water partition coefficient (Wildman–Crippen LogP) is 3.89. The van der Waals surface area contributed by atoms with Gasteiger partial charge in [0.25, 0.3) is 5.91 Å². The van der Waals surface area contributed by atoms with Crippen molar-refractivity contribution in [3.05, 3.63) is 58.7 Å². The van der Waals surface area contributed by atoms with Crippen LogP contribution in [0.3, 0.4) is 0 Å². The Bertz CT molecular complexity index is 844. The van der Waals surface area contributed by atoms with Crippen LogP contribution >= 0.6 is 11.8 Å². The van der Waals surface area contributed by atoms with Gasteiger partial charge in [-0.3, -0.25) is 4.79 Å². The first kappa shape index (κ1) is 18.9. The van der Waals surface area contributed by atoms with Crippen molar-refractivity contribution >= 4 is 23.6 Å². The lowest BCUT2D eigenvalue weighted by Crippen LogP contribution is -2.24. The summed E-state index contributed by atoms with van der Waals surface area (Å²) in [4.78, 5) is 15.9. The lowest BCUT2D eigenvalue weighted by Gasteiger charge is -2.15. The van der Waals surface area contributed by atoms with Gasteiger partial charge >= 0.3 is 6.18 Å². The molecular weight excluding hydrogens is 351 g/mol. The Labute approximate surface area is 147 Å². The minimum atomic E-state index is -4.62. The molecule has 0 bridgehead atoms. The van der Waals surface area contributed by atoms with Gasteiger partial charge in [-0.25, -0.2) is 0 Å². The van der Waals surface area contributed by atoms with Gasteiger partial charge in [0.1, 0.15) is 0 Å². The summed E-state index contributed by atoms with van der Waals surface area (Å²) in [6, 6.07) is 9.27. The molecule has 0 aliphatic carbocycles. The molecule has 0 aliphatic rings. The highest BCUT2D eigenvalue weighted by molar-refractivity contribution is 7.99. The van der Waals surface area contributed by atoms with Gasteiger partial charge in [-0.15, -0.1) is 0 Å². The zero-order valence-electron chi connectivity index (χ0n) is 13.5. The minimum Gasteiger partial charge on any atom is -0.370 e. The predicted molar refractivity (Wildman–Crippen MR) is 91.6 cm³/mol. The molecule has 25 heavy (non-hydrogen) atoms. The monoisotopic (exact) mass is 367 g/mol. The number of benzene rings is 2. The van der Waals surface area contributed by atoms with Gasteiger partial charge in [0.15, 0.2) is 5.96 Å². The highest BCUT2D eigenvalue weighted by atomic mass is 32.2. The number of hydrogen-bond acceptors (Lipinski definition) is 2.